The molecule has 0 rings (SSSR count). The standard InChI is InChI=1S/C15H27NO7/c1-14(2,3)22-12(18)16-9-8-10(11(17)20-7)21-13(19)23-15(4,5)6/h10H,8-9H2,1-7H3,(H,16,18)/t10-/m0/s1. The number of carbonyl (C=O) groups excluding carboxylic acids is 3. The molecule has 0 saturated carbocycles. The number of esters is 1. The Morgan fingerprint density at radius 2 is 1.48 bits per heavy atom. The Morgan fingerprint density at radius 3 is 1.91 bits per heavy atom. The van der Waals surface area contributed by atoms with Gasteiger partial charge < -0.3 is 24.3 Å². The van der Waals surface area contributed by atoms with E-state index in [1.807, 2.05) is 0 Å². The van der Waals surface area contributed by atoms with E-state index in [4.69, 9.17) is 14.2 Å². The van der Waals surface area contributed by atoms with Gasteiger partial charge in [0.1, 0.15) is 11.2 Å². The van der Waals surface area contributed by atoms with Gasteiger partial charge in [0.25, 0.3) is 0 Å². The van der Waals surface area contributed by atoms with Gasteiger partial charge in [-0.2, -0.15) is 0 Å². The summed E-state index contributed by atoms with van der Waals surface area (Å²) < 4.78 is 19.5. The van der Waals surface area contributed by atoms with Crippen molar-refractivity contribution in [3.63, 3.8) is 0 Å². The fraction of sp³-hybridized carbons (Fsp3) is 0.800. The van der Waals surface area contributed by atoms with Gasteiger partial charge in [0.05, 0.1) is 7.11 Å². The van der Waals surface area contributed by atoms with Crippen LogP contribution in [0.15, 0.2) is 0 Å². The molecule has 0 unspecified atom stereocenters. The van der Waals surface area contributed by atoms with Gasteiger partial charge in [0, 0.05) is 13.0 Å². The first-order valence-electron chi connectivity index (χ1n) is 7.28. The molecule has 0 aromatic carbocycles. The largest absolute Gasteiger partial charge is 0.509 e. The average molecular weight is 333 g/mol. The summed E-state index contributed by atoms with van der Waals surface area (Å²) in [7, 11) is 1.18. The Bertz CT molecular complexity index is 421. The predicted octanol–water partition coefficient (Wildman–Crippen LogP) is 2.39. The Balaban J connectivity index is 4.45. The lowest BCUT2D eigenvalue weighted by molar-refractivity contribution is -0.153. The van der Waals surface area contributed by atoms with Crippen molar-refractivity contribution >= 4 is 18.2 Å². The van der Waals surface area contributed by atoms with Crippen LogP contribution in [0.5, 0.6) is 0 Å². The van der Waals surface area contributed by atoms with Crippen molar-refractivity contribution in [3.05, 3.63) is 0 Å². The van der Waals surface area contributed by atoms with E-state index in [0.717, 1.165) is 0 Å². The predicted molar refractivity (Wildman–Crippen MR) is 82.0 cm³/mol. The van der Waals surface area contributed by atoms with Crippen LogP contribution in [0.25, 0.3) is 0 Å². The molecule has 8 heteroatoms. The van der Waals surface area contributed by atoms with Gasteiger partial charge in [-0.05, 0) is 41.5 Å². The Hall–Kier alpha value is -1.99. The smallest absolute Gasteiger partial charge is 0.466 e. The van der Waals surface area contributed by atoms with Crippen LogP contribution in [0.1, 0.15) is 48.0 Å². The number of hydrogen-bond acceptors (Lipinski definition) is 7. The molecule has 1 amide bonds. The minimum Gasteiger partial charge on any atom is -0.466 e. The molecule has 0 bridgehead atoms. The van der Waals surface area contributed by atoms with E-state index < -0.39 is 35.5 Å². The number of carbonyl (C=O) groups is 3. The van der Waals surface area contributed by atoms with Crippen LogP contribution in [-0.2, 0) is 23.7 Å². The number of amides is 1. The van der Waals surface area contributed by atoms with Crippen molar-refractivity contribution in [1.82, 2.24) is 5.32 Å². The highest BCUT2D eigenvalue weighted by Gasteiger charge is 2.27. The second-order valence-corrected chi connectivity index (χ2v) is 6.81. The highest BCUT2D eigenvalue weighted by molar-refractivity contribution is 5.77. The molecule has 0 aliphatic heterocycles. The van der Waals surface area contributed by atoms with Gasteiger partial charge in [0.15, 0.2) is 0 Å². The van der Waals surface area contributed by atoms with Crippen LogP contribution in [0.4, 0.5) is 9.59 Å². The zero-order chi connectivity index (χ0) is 18.3. The fourth-order valence-corrected chi connectivity index (χ4v) is 1.37. The minimum atomic E-state index is -1.18. The van der Waals surface area contributed by atoms with E-state index in [1.54, 1.807) is 41.5 Å². The van der Waals surface area contributed by atoms with E-state index in [-0.39, 0.29) is 13.0 Å². The molecule has 0 aliphatic rings. The van der Waals surface area contributed by atoms with Crippen LogP contribution in [-0.4, -0.2) is 49.2 Å². The second-order valence-electron chi connectivity index (χ2n) is 6.81. The van der Waals surface area contributed by atoms with Gasteiger partial charge in [-0.3, -0.25) is 0 Å². The molecule has 0 aliphatic carbocycles. The van der Waals surface area contributed by atoms with Crippen LogP contribution < -0.4 is 5.32 Å². The summed E-state index contributed by atoms with van der Waals surface area (Å²) in [6.07, 6.45) is -2.75. The van der Waals surface area contributed by atoms with Gasteiger partial charge in [0.2, 0.25) is 6.10 Å². The third-order valence-corrected chi connectivity index (χ3v) is 2.17. The molecule has 8 nitrogen and oxygen atoms in total. The zero-order valence-corrected chi connectivity index (χ0v) is 14.8. The molecule has 1 N–H and O–H groups in total. The van der Waals surface area contributed by atoms with Crippen LogP contribution in [0, 0.1) is 0 Å². The normalized spacial score (nSPS) is 12.8. The van der Waals surface area contributed by atoms with Gasteiger partial charge in [-0.1, -0.05) is 0 Å². The monoisotopic (exact) mass is 333 g/mol. The average Bonchev–Trinajstić information content (AvgIpc) is 2.32. The van der Waals surface area contributed by atoms with Crippen molar-refractivity contribution in [2.75, 3.05) is 13.7 Å². The van der Waals surface area contributed by atoms with E-state index >= 15 is 0 Å². The van der Waals surface area contributed by atoms with Crippen LogP contribution in [0.3, 0.4) is 0 Å². The maximum absolute atomic E-state index is 11.6. The highest BCUT2D eigenvalue weighted by atomic mass is 16.7. The second kappa shape index (κ2) is 8.59. The molecule has 0 heterocycles. The van der Waals surface area contributed by atoms with Crippen molar-refractivity contribution in [2.45, 2.75) is 65.3 Å². The highest BCUT2D eigenvalue weighted by Crippen LogP contribution is 2.11. The number of rotatable bonds is 5. The third kappa shape index (κ3) is 11.3. The summed E-state index contributed by atoms with van der Waals surface area (Å²) in [5, 5.41) is 2.47. The molecule has 0 radical (unpaired) electrons. The maximum Gasteiger partial charge on any atom is 0.509 e. The first kappa shape index (κ1) is 21.0. The lowest BCUT2D eigenvalue weighted by Crippen LogP contribution is -2.37. The Labute approximate surface area is 136 Å². The third-order valence-electron chi connectivity index (χ3n) is 2.17. The van der Waals surface area contributed by atoms with Gasteiger partial charge in [-0.25, -0.2) is 14.4 Å². The van der Waals surface area contributed by atoms with Gasteiger partial charge in [-0.15, -0.1) is 0 Å². The molecule has 0 spiro atoms. The van der Waals surface area contributed by atoms with Crippen molar-refractivity contribution in [2.24, 2.45) is 0 Å². The molecule has 0 saturated heterocycles. The number of methoxy groups -OCH3 is 1. The van der Waals surface area contributed by atoms with E-state index in [9.17, 15) is 14.4 Å². The number of hydrogen-bond donors (Lipinski definition) is 1. The number of ether oxygens (including phenoxy) is 4. The molecule has 0 aromatic heterocycles. The van der Waals surface area contributed by atoms with Crippen molar-refractivity contribution in [3.8, 4) is 0 Å². The summed E-state index contributed by atoms with van der Waals surface area (Å²) >= 11 is 0. The first-order chi connectivity index (χ1) is 10.3. The lowest BCUT2D eigenvalue weighted by Gasteiger charge is -2.22. The Kier molecular flexibility index (Phi) is 7.85. The van der Waals surface area contributed by atoms with Crippen molar-refractivity contribution < 1.29 is 33.3 Å². The molecule has 23 heavy (non-hydrogen) atoms. The molecule has 0 fully saturated rings. The van der Waals surface area contributed by atoms with E-state index in [0.29, 0.717) is 0 Å². The number of alkyl carbamates (subject to hydrolysis) is 1. The molecule has 134 valence electrons. The minimum absolute atomic E-state index is 0.0329. The van der Waals surface area contributed by atoms with Crippen molar-refractivity contribution in [1.29, 1.82) is 0 Å². The van der Waals surface area contributed by atoms with E-state index in [2.05, 4.69) is 10.1 Å². The van der Waals surface area contributed by atoms with Crippen LogP contribution >= 0.6 is 0 Å². The Morgan fingerprint density at radius 1 is 0.957 bits per heavy atom. The number of nitrogens with one attached hydrogen (secondary N) is 1. The SMILES string of the molecule is COC(=O)[C@H](CCNC(=O)OC(C)(C)C)OC(=O)OC(C)(C)C. The molecular formula is C15H27NO7. The molecular weight excluding hydrogens is 306 g/mol. The molecule has 1 atom stereocenters. The summed E-state index contributed by atoms with van der Waals surface area (Å²) in [4.78, 5) is 34.7. The summed E-state index contributed by atoms with van der Waals surface area (Å²) in [6.45, 7) is 10.3. The first-order valence-corrected chi connectivity index (χ1v) is 7.28. The zero-order valence-electron chi connectivity index (χ0n) is 14.8. The summed E-state index contributed by atoms with van der Waals surface area (Å²) in [5.41, 5.74) is -1.37. The van der Waals surface area contributed by atoms with Gasteiger partial charge >= 0.3 is 18.2 Å². The lowest BCUT2D eigenvalue weighted by atomic mass is 10.2. The molecule has 0 aromatic rings. The van der Waals surface area contributed by atoms with Crippen LogP contribution in [0.2, 0.25) is 0 Å². The summed E-state index contributed by atoms with van der Waals surface area (Å²) in [6, 6.07) is 0. The topological polar surface area (TPSA) is 100 Å². The summed E-state index contributed by atoms with van der Waals surface area (Å²) in [5.74, 6) is -0.734. The quantitative estimate of drug-likeness (QED) is 0.609. The van der Waals surface area contributed by atoms with E-state index in [1.165, 1.54) is 7.11 Å². The fourth-order valence-electron chi connectivity index (χ4n) is 1.37. The maximum atomic E-state index is 11.6.